The van der Waals surface area contributed by atoms with Crippen molar-refractivity contribution in [3.05, 3.63) is 65.7 Å². The van der Waals surface area contributed by atoms with Crippen LogP contribution in [0.2, 0.25) is 0 Å². The van der Waals surface area contributed by atoms with Crippen molar-refractivity contribution in [3.63, 3.8) is 0 Å². The van der Waals surface area contributed by atoms with E-state index in [9.17, 15) is 9.59 Å². The molecular formula is C23H25NO4. The minimum atomic E-state index is -0.557. The van der Waals surface area contributed by atoms with Gasteiger partial charge in [-0.05, 0) is 55.4 Å². The summed E-state index contributed by atoms with van der Waals surface area (Å²) in [4.78, 5) is 26.7. The van der Waals surface area contributed by atoms with Crippen molar-refractivity contribution in [2.24, 2.45) is 5.92 Å². The molecule has 5 nitrogen and oxygen atoms in total. The third-order valence-corrected chi connectivity index (χ3v) is 5.42. The summed E-state index contributed by atoms with van der Waals surface area (Å²) >= 11 is 0. The molecule has 0 radical (unpaired) electrons. The van der Waals surface area contributed by atoms with Gasteiger partial charge in [0.15, 0.2) is 0 Å². The maximum atomic E-state index is 13.1. The van der Waals surface area contributed by atoms with E-state index in [-0.39, 0.29) is 18.6 Å². The molecule has 1 heterocycles. The summed E-state index contributed by atoms with van der Waals surface area (Å²) in [6.07, 6.45) is 2.50. The molecule has 2 aromatic rings. The monoisotopic (exact) mass is 379 g/mol. The Morgan fingerprint density at radius 1 is 1.18 bits per heavy atom. The Kier molecular flexibility index (Phi) is 5.33. The second kappa shape index (κ2) is 8.05. The van der Waals surface area contributed by atoms with Gasteiger partial charge in [-0.25, -0.2) is 9.69 Å². The number of amides is 2. The van der Waals surface area contributed by atoms with Crippen molar-refractivity contribution in [2.45, 2.75) is 38.1 Å². The fourth-order valence-electron chi connectivity index (χ4n) is 3.49. The van der Waals surface area contributed by atoms with Crippen molar-refractivity contribution in [1.82, 2.24) is 4.90 Å². The van der Waals surface area contributed by atoms with Crippen LogP contribution in [0, 0.1) is 5.92 Å². The van der Waals surface area contributed by atoms with E-state index >= 15 is 0 Å². The molecule has 0 bridgehead atoms. The summed E-state index contributed by atoms with van der Waals surface area (Å²) in [5.74, 6) is 0.755. The first-order chi connectivity index (χ1) is 13.6. The number of cyclic esters (lactones) is 1. The number of ether oxygens (including phenoxy) is 2. The Hall–Kier alpha value is -2.82. The van der Waals surface area contributed by atoms with Gasteiger partial charge in [-0.3, -0.25) is 4.79 Å². The predicted octanol–water partition coefficient (Wildman–Crippen LogP) is 4.17. The second-order valence-electron chi connectivity index (χ2n) is 7.68. The smallest absolute Gasteiger partial charge is 0.417 e. The number of rotatable bonds is 7. The van der Waals surface area contributed by atoms with Crippen LogP contribution in [-0.2, 0) is 16.0 Å². The van der Waals surface area contributed by atoms with E-state index in [0.29, 0.717) is 12.3 Å². The number of hydrogen-bond donors (Lipinski definition) is 0. The molecule has 0 N–H and O–H groups in total. The highest BCUT2D eigenvalue weighted by Gasteiger charge is 2.40. The Labute approximate surface area is 165 Å². The van der Waals surface area contributed by atoms with Crippen molar-refractivity contribution in [1.29, 1.82) is 0 Å². The van der Waals surface area contributed by atoms with Crippen molar-refractivity contribution >= 4 is 12.0 Å². The Balaban J connectivity index is 1.46. The minimum absolute atomic E-state index is 0.233. The third kappa shape index (κ3) is 4.19. The highest BCUT2D eigenvalue weighted by atomic mass is 16.6. The summed E-state index contributed by atoms with van der Waals surface area (Å²) in [5, 5.41) is 0. The first-order valence-corrected chi connectivity index (χ1v) is 9.88. The van der Waals surface area contributed by atoms with Gasteiger partial charge in [-0.1, -0.05) is 42.5 Å². The summed E-state index contributed by atoms with van der Waals surface area (Å²) in [6.45, 7) is 2.79. The average Bonchev–Trinajstić information content (AvgIpc) is 3.49. The molecule has 5 heteroatoms. The molecule has 0 spiro atoms. The molecule has 4 rings (SSSR count). The van der Waals surface area contributed by atoms with Crippen LogP contribution in [0.15, 0.2) is 54.6 Å². The molecule has 2 aliphatic rings. The van der Waals surface area contributed by atoms with Crippen LogP contribution in [0.4, 0.5) is 4.79 Å². The van der Waals surface area contributed by atoms with Crippen molar-refractivity contribution in [2.75, 3.05) is 13.2 Å². The molecule has 1 aliphatic heterocycles. The van der Waals surface area contributed by atoms with Gasteiger partial charge in [0.25, 0.3) is 0 Å². The lowest BCUT2D eigenvalue weighted by molar-refractivity contribution is -0.130. The standard InChI is InChI=1S/C23H25NO4/c1-16(19-8-5-9-21(13-19)27-14-18-10-11-18)22(25)24-20(15-28-23(24)26)12-17-6-3-2-4-7-17/h2-9,13,16,18,20H,10-12,14-15H2,1H3/t16-,20-/m0/s1. The maximum Gasteiger partial charge on any atom is 0.417 e. The number of carbonyl (C=O) groups excluding carboxylic acids is 2. The van der Waals surface area contributed by atoms with Gasteiger partial charge in [0, 0.05) is 0 Å². The first kappa shape index (κ1) is 18.5. The molecule has 146 valence electrons. The van der Waals surface area contributed by atoms with Gasteiger partial charge in [-0.15, -0.1) is 0 Å². The van der Waals surface area contributed by atoms with Crippen LogP contribution >= 0.6 is 0 Å². The zero-order valence-electron chi connectivity index (χ0n) is 16.0. The molecule has 28 heavy (non-hydrogen) atoms. The number of hydrogen-bond acceptors (Lipinski definition) is 4. The quantitative estimate of drug-likeness (QED) is 0.725. The topological polar surface area (TPSA) is 55.8 Å². The number of imide groups is 1. The van der Waals surface area contributed by atoms with E-state index in [1.165, 1.54) is 17.7 Å². The van der Waals surface area contributed by atoms with E-state index in [0.717, 1.165) is 23.5 Å². The SMILES string of the molecule is C[C@H](C(=O)N1C(=O)OC[C@@H]1Cc1ccccc1)c1cccc(OCC2CC2)c1. The lowest BCUT2D eigenvalue weighted by Gasteiger charge is -2.23. The lowest BCUT2D eigenvalue weighted by Crippen LogP contribution is -2.42. The third-order valence-electron chi connectivity index (χ3n) is 5.42. The van der Waals surface area contributed by atoms with Gasteiger partial charge < -0.3 is 9.47 Å². The molecule has 1 aliphatic carbocycles. The average molecular weight is 379 g/mol. The molecule has 1 saturated carbocycles. The zero-order valence-corrected chi connectivity index (χ0v) is 16.0. The Bertz CT molecular complexity index is 847. The molecule has 2 fully saturated rings. The molecular weight excluding hydrogens is 354 g/mol. The Morgan fingerprint density at radius 3 is 2.71 bits per heavy atom. The van der Waals surface area contributed by atoms with E-state index < -0.39 is 12.0 Å². The predicted molar refractivity (Wildman–Crippen MR) is 105 cm³/mol. The number of carbonyl (C=O) groups is 2. The zero-order chi connectivity index (χ0) is 19.5. The molecule has 0 aromatic heterocycles. The van der Waals surface area contributed by atoms with Gasteiger partial charge in [0.05, 0.1) is 18.6 Å². The van der Waals surface area contributed by atoms with Gasteiger partial charge in [0.2, 0.25) is 5.91 Å². The molecule has 2 amide bonds. The van der Waals surface area contributed by atoms with Gasteiger partial charge >= 0.3 is 6.09 Å². The summed E-state index contributed by atoms with van der Waals surface area (Å²) in [6, 6.07) is 17.2. The minimum Gasteiger partial charge on any atom is -0.493 e. The molecule has 1 saturated heterocycles. The molecule has 2 aromatic carbocycles. The van der Waals surface area contributed by atoms with E-state index in [1.54, 1.807) is 0 Å². The fraction of sp³-hybridized carbons (Fsp3) is 0.391. The van der Waals surface area contributed by atoms with Crippen LogP contribution in [-0.4, -0.2) is 36.2 Å². The largest absolute Gasteiger partial charge is 0.493 e. The van der Waals surface area contributed by atoms with E-state index in [1.807, 2.05) is 61.5 Å². The van der Waals surface area contributed by atoms with Crippen LogP contribution in [0.3, 0.4) is 0 Å². The van der Waals surface area contributed by atoms with Crippen LogP contribution in [0.5, 0.6) is 5.75 Å². The van der Waals surface area contributed by atoms with E-state index in [4.69, 9.17) is 9.47 Å². The highest BCUT2D eigenvalue weighted by Crippen LogP contribution is 2.31. The molecule has 0 unspecified atom stereocenters. The van der Waals surface area contributed by atoms with Gasteiger partial charge in [-0.2, -0.15) is 0 Å². The van der Waals surface area contributed by atoms with Crippen molar-refractivity contribution in [3.8, 4) is 5.75 Å². The van der Waals surface area contributed by atoms with Crippen LogP contribution in [0.25, 0.3) is 0 Å². The number of nitrogens with zero attached hydrogens (tertiary/aromatic N) is 1. The highest BCUT2D eigenvalue weighted by molar-refractivity contribution is 5.97. The lowest BCUT2D eigenvalue weighted by atomic mass is 9.98. The van der Waals surface area contributed by atoms with E-state index in [2.05, 4.69) is 0 Å². The first-order valence-electron chi connectivity index (χ1n) is 9.88. The maximum absolute atomic E-state index is 13.1. The summed E-state index contributed by atoms with van der Waals surface area (Å²) in [7, 11) is 0. The summed E-state index contributed by atoms with van der Waals surface area (Å²) in [5.41, 5.74) is 1.92. The normalized spacial score (nSPS) is 20.0. The molecule has 2 atom stereocenters. The van der Waals surface area contributed by atoms with Gasteiger partial charge in [0.1, 0.15) is 12.4 Å². The summed E-state index contributed by atoms with van der Waals surface area (Å²) < 4.78 is 11.0. The fourth-order valence-corrected chi connectivity index (χ4v) is 3.49. The Morgan fingerprint density at radius 2 is 1.96 bits per heavy atom. The number of benzene rings is 2. The van der Waals surface area contributed by atoms with Crippen molar-refractivity contribution < 1.29 is 19.1 Å². The second-order valence-corrected chi connectivity index (χ2v) is 7.68. The van der Waals surface area contributed by atoms with Crippen LogP contribution < -0.4 is 4.74 Å². The van der Waals surface area contributed by atoms with Crippen LogP contribution in [0.1, 0.15) is 36.8 Å².